The molecular formula is C29H25FN2O3S. The Morgan fingerprint density at radius 2 is 1.67 bits per heavy atom. The predicted octanol–water partition coefficient (Wildman–Crippen LogP) is 6.67. The van der Waals surface area contributed by atoms with E-state index < -0.39 is 23.5 Å². The average molecular weight is 501 g/mol. The molecule has 3 aromatic carbocycles. The number of Topliss-reactive ketones (excluding diaryl/α,β-unsaturated/α-hetero) is 1. The van der Waals surface area contributed by atoms with Crippen molar-refractivity contribution >= 4 is 44.1 Å². The molecule has 36 heavy (non-hydrogen) atoms. The van der Waals surface area contributed by atoms with Crippen molar-refractivity contribution in [3.63, 3.8) is 0 Å². The normalized spacial score (nSPS) is 17.8. The van der Waals surface area contributed by atoms with Gasteiger partial charge in [-0.3, -0.25) is 14.5 Å². The summed E-state index contributed by atoms with van der Waals surface area (Å²) in [5.41, 5.74) is 3.65. The number of hydrogen-bond acceptors (Lipinski definition) is 5. The fourth-order valence-electron chi connectivity index (χ4n) is 4.37. The third-order valence-corrected chi connectivity index (χ3v) is 7.42. The van der Waals surface area contributed by atoms with Crippen molar-refractivity contribution in [3.8, 4) is 0 Å². The van der Waals surface area contributed by atoms with Crippen molar-refractivity contribution in [2.24, 2.45) is 0 Å². The molecular weight excluding hydrogens is 475 g/mol. The Hall–Kier alpha value is -3.84. The molecule has 0 bridgehead atoms. The minimum Gasteiger partial charge on any atom is -0.507 e. The van der Waals surface area contributed by atoms with Gasteiger partial charge in [0.2, 0.25) is 0 Å². The maximum atomic E-state index is 13.8. The molecule has 4 aromatic rings. The fraction of sp³-hybridized carbons (Fsp3) is 0.207. The van der Waals surface area contributed by atoms with Crippen molar-refractivity contribution in [2.75, 3.05) is 4.90 Å². The molecule has 0 unspecified atom stereocenters. The minimum absolute atomic E-state index is 0.00204. The van der Waals surface area contributed by atoms with Crippen molar-refractivity contribution in [3.05, 3.63) is 100 Å². The topological polar surface area (TPSA) is 70.5 Å². The summed E-state index contributed by atoms with van der Waals surface area (Å²) in [6.07, 6.45) is 0. The predicted molar refractivity (Wildman–Crippen MR) is 141 cm³/mol. The second kappa shape index (κ2) is 8.68. The van der Waals surface area contributed by atoms with Gasteiger partial charge in [0.05, 0.1) is 21.8 Å². The minimum atomic E-state index is -0.884. The molecule has 5 nitrogen and oxygen atoms in total. The molecule has 1 atom stereocenters. The van der Waals surface area contributed by atoms with Crippen molar-refractivity contribution < 1.29 is 19.1 Å². The third-order valence-electron chi connectivity index (χ3n) is 6.41. The molecule has 2 heterocycles. The molecule has 7 heteroatoms. The molecule has 1 aliphatic rings. The van der Waals surface area contributed by atoms with Gasteiger partial charge in [-0.2, -0.15) is 0 Å². The van der Waals surface area contributed by atoms with Crippen LogP contribution >= 0.6 is 11.3 Å². The van der Waals surface area contributed by atoms with Crippen LogP contribution in [0.5, 0.6) is 0 Å². The van der Waals surface area contributed by atoms with Gasteiger partial charge in [0.25, 0.3) is 5.78 Å². The standard InChI is InChI=1S/C29H25FN2O3S/c1-16-5-7-18(8-6-16)25(33)23-24(17-9-11-19(12-10-17)29(2,3)4)32(27(35)26(23)34)28-31-21-14-13-20(30)15-22(21)36-28/h5-15,24,33H,1-4H3/b25-23+/t24-/m0/s1. The van der Waals surface area contributed by atoms with Gasteiger partial charge in [-0.1, -0.05) is 86.2 Å². The summed E-state index contributed by atoms with van der Waals surface area (Å²) in [4.78, 5) is 32.6. The van der Waals surface area contributed by atoms with E-state index in [1.54, 1.807) is 18.2 Å². The maximum absolute atomic E-state index is 13.8. The molecule has 1 amide bonds. The van der Waals surface area contributed by atoms with Crippen LogP contribution in [0.1, 0.15) is 49.1 Å². The number of rotatable bonds is 3. The highest BCUT2D eigenvalue weighted by molar-refractivity contribution is 7.22. The summed E-state index contributed by atoms with van der Waals surface area (Å²) in [6.45, 7) is 8.23. The Labute approximate surface area is 212 Å². The van der Waals surface area contributed by atoms with Crippen LogP contribution in [-0.4, -0.2) is 21.8 Å². The van der Waals surface area contributed by atoms with E-state index in [0.29, 0.717) is 21.3 Å². The van der Waals surface area contributed by atoms with Gasteiger partial charge in [0.1, 0.15) is 11.6 Å². The lowest BCUT2D eigenvalue weighted by Crippen LogP contribution is -2.29. The number of amides is 1. The monoisotopic (exact) mass is 500 g/mol. The first-order chi connectivity index (χ1) is 17.0. The quantitative estimate of drug-likeness (QED) is 0.194. The first kappa shape index (κ1) is 23.9. The van der Waals surface area contributed by atoms with Gasteiger partial charge in [-0.15, -0.1) is 0 Å². The molecule has 1 saturated heterocycles. The summed E-state index contributed by atoms with van der Waals surface area (Å²) >= 11 is 1.13. The van der Waals surface area contributed by atoms with Crippen molar-refractivity contribution in [1.82, 2.24) is 4.98 Å². The van der Waals surface area contributed by atoms with Crippen LogP contribution in [0.4, 0.5) is 9.52 Å². The number of aliphatic hydroxyl groups is 1. The molecule has 1 aromatic heterocycles. The first-order valence-corrected chi connectivity index (χ1v) is 12.4. The second-order valence-electron chi connectivity index (χ2n) is 10.0. The second-order valence-corrected chi connectivity index (χ2v) is 11.0. The van der Waals surface area contributed by atoms with Crippen molar-refractivity contribution in [2.45, 2.75) is 39.2 Å². The summed E-state index contributed by atoms with van der Waals surface area (Å²) in [6, 6.07) is 18.1. The van der Waals surface area contributed by atoms with Crippen LogP contribution in [0.2, 0.25) is 0 Å². The van der Waals surface area contributed by atoms with E-state index in [1.165, 1.54) is 17.0 Å². The number of ketones is 1. The molecule has 0 saturated carbocycles. The number of aryl methyl sites for hydroxylation is 1. The molecule has 0 radical (unpaired) electrons. The number of aromatic nitrogens is 1. The highest BCUT2D eigenvalue weighted by Crippen LogP contribution is 2.44. The van der Waals surface area contributed by atoms with E-state index in [-0.39, 0.29) is 21.9 Å². The number of aliphatic hydroxyl groups excluding tert-OH is 1. The molecule has 0 spiro atoms. The lowest BCUT2D eigenvalue weighted by Gasteiger charge is -2.24. The number of carbonyl (C=O) groups is 2. The number of benzene rings is 3. The molecule has 1 N–H and O–H groups in total. The smallest absolute Gasteiger partial charge is 0.301 e. The van der Waals surface area contributed by atoms with Crippen LogP contribution in [-0.2, 0) is 15.0 Å². The number of anilines is 1. The molecule has 182 valence electrons. The first-order valence-electron chi connectivity index (χ1n) is 11.6. The Bertz CT molecular complexity index is 1530. The number of hydrogen-bond donors (Lipinski definition) is 1. The van der Waals surface area contributed by atoms with Crippen LogP contribution in [0, 0.1) is 12.7 Å². The van der Waals surface area contributed by atoms with Gasteiger partial charge in [-0.05, 0) is 41.7 Å². The van der Waals surface area contributed by atoms with Crippen LogP contribution in [0.25, 0.3) is 16.0 Å². The Morgan fingerprint density at radius 3 is 2.31 bits per heavy atom. The summed E-state index contributed by atoms with van der Waals surface area (Å²) in [7, 11) is 0. The zero-order valence-corrected chi connectivity index (χ0v) is 21.2. The number of carbonyl (C=O) groups excluding carboxylic acids is 2. The number of fused-ring (bicyclic) bond motifs is 1. The maximum Gasteiger partial charge on any atom is 0.301 e. The van der Waals surface area contributed by atoms with Gasteiger partial charge >= 0.3 is 5.91 Å². The van der Waals surface area contributed by atoms with Gasteiger partial charge in [0, 0.05) is 5.56 Å². The SMILES string of the molecule is Cc1ccc(/C(O)=C2\C(=O)C(=O)N(c3nc4ccc(F)cc4s3)[C@H]2c2ccc(C(C)(C)C)cc2)cc1. The zero-order valence-electron chi connectivity index (χ0n) is 20.4. The number of thiazole rings is 1. The van der Waals surface area contributed by atoms with E-state index >= 15 is 0 Å². The largest absolute Gasteiger partial charge is 0.507 e. The number of nitrogens with zero attached hydrogens (tertiary/aromatic N) is 2. The Morgan fingerprint density at radius 1 is 1.00 bits per heavy atom. The van der Waals surface area contributed by atoms with Gasteiger partial charge < -0.3 is 5.11 Å². The van der Waals surface area contributed by atoms with Gasteiger partial charge in [-0.25, -0.2) is 9.37 Å². The lowest BCUT2D eigenvalue weighted by molar-refractivity contribution is -0.132. The fourth-order valence-corrected chi connectivity index (χ4v) is 5.38. The van der Waals surface area contributed by atoms with E-state index in [1.807, 2.05) is 43.3 Å². The van der Waals surface area contributed by atoms with Crippen LogP contribution in [0.15, 0.2) is 72.3 Å². The lowest BCUT2D eigenvalue weighted by atomic mass is 9.85. The van der Waals surface area contributed by atoms with E-state index in [4.69, 9.17) is 0 Å². The summed E-state index contributed by atoms with van der Waals surface area (Å²) in [5, 5.41) is 11.5. The Balaban J connectivity index is 1.71. The highest BCUT2D eigenvalue weighted by atomic mass is 32.1. The Kier molecular flexibility index (Phi) is 5.75. The molecule has 0 aliphatic carbocycles. The number of halogens is 1. The van der Waals surface area contributed by atoms with Crippen LogP contribution < -0.4 is 4.90 Å². The van der Waals surface area contributed by atoms with E-state index in [2.05, 4.69) is 25.8 Å². The summed E-state index contributed by atoms with van der Waals surface area (Å²) < 4.78 is 14.4. The van der Waals surface area contributed by atoms with Crippen LogP contribution in [0.3, 0.4) is 0 Å². The van der Waals surface area contributed by atoms with E-state index in [0.717, 1.165) is 22.5 Å². The highest BCUT2D eigenvalue weighted by Gasteiger charge is 2.48. The van der Waals surface area contributed by atoms with Gasteiger partial charge in [0.15, 0.2) is 5.13 Å². The van der Waals surface area contributed by atoms with Crippen molar-refractivity contribution in [1.29, 1.82) is 0 Å². The molecule has 1 fully saturated rings. The molecule has 5 rings (SSSR count). The summed E-state index contributed by atoms with van der Waals surface area (Å²) in [5.74, 6) is -2.22. The average Bonchev–Trinajstić information content (AvgIpc) is 3.36. The third kappa shape index (κ3) is 4.09. The molecule has 1 aliphatic heterocycles. The van der Waals surface area contributed by atoms with E-state index in [9.17, 15) is 19.1 Å². The zero-order chi connectivity index (χ0) is 25.8.